The number of aromatic nitrogens is 4. The predicted octanol–water partition coefficient (Wildman–Crippen LogP) is 3.51. The minimum atomic E-state index is -0.689. The summed E-state index contributed by atoms with van der Waals surface area (Å²) in [4.78, 5) is 22.6. The average molecular weight is 489 g/mol. The van der Waals surface area contributed by atoms with Crippen LogP contribution in [0.3, 0.4) is 0 Å². The molecular formula is C26H25FN6O3. The van der Waals surface area contributed by atoms with Gasteiger partial charge in [0.1, 0.15) is 18.2 Å². The fourth-order valence-corrected chi connectivity index (χ4v) is 4.87. The zero-order valence-electron chi connectivity index (χ0n) is 20.0. The van der Waals surface area contributed by atoms with Gasteiger partial charge in [0, 0.05) is 72.7 Å². The van der Waals surface area contributed by atoms with Crippen molar-refractivity contribution >= 4 is 28.3 Å². The molecule has 2 aliphatic heterocycles. The van der Waals surface area contributed by atoms with Crippen LogP contribution in [-0.4, -0.2) is 55.9 Å². The fourth-order valence-electron chi connectivity index (χ4n) is 4.87. The summed E-state index contributed by atoms with van der Waals surface area (Å²) in [5, 5.41) is 19.7. The second-order valence-corrected chi connectivity index (χ2v) is 9.29. The van der Waals surface area contributed by atoms with Gasteiger partial charge in [0.15, 0.2) is 5.82 Å². The van der Waals surface area contributed by atoms with Gasteiger partial charge in [-0.05, 0) is 36.1 Å². The predicted molar refractivity (Wildman–Crippen MR) is 132 cm³/mol. The number of hydrogen-bond acceptors (Lipinski definition) is 7. The molecule has 0 bridgehead atoms. The Bertz CT molecular complexity index is 1520. The summed E-state index contributed by atoms with van der Waals surface area (Å²) in [6.45, 7) is 3.10. The Balaban J connectivity index is 1.34. The molecule has 9 nitrogen and oxygen atoms in total. The van der Waals surface area contributed by atoms with Gasteiger partial charge < -0.3 is 20.1 Å². The fraction of sp³-hybridized carbons (Fsp3) is 0.308. The Morgan fingerprint density at radius 1 is 1.11 bits per heavy atom. The number of aliphatic hydroxyl groups is 1. The van der Waals surface area contributed by atoms with E-state index < -0.39 is 11.9 Å². The molecule has 184 valence electrons. The molecule has 1 atom stereocenters. The van der Waals surface area contributed by atoms with Gasteiger partial charge in [0.2, 0.25) is 11.8 Å². The summed E-state index contributed by atoms with van der Waals surface area (Å²) in [5.74, 6) is 1.18. The third-order valence-corrected chi connectivity index (χ3v) is 6.94. The summed E-state index contributed by atoms with van der Waals surface area (Å²) < 4.78 is 22.5. The highest BCUT2D eigenvalue weighted by Gasteiger charge is 2.25. The van der Waals surface area contributed by atoms with Crippen LogP contribution in [0.25, 0.3) is 21.9 Å². The lowest BCUT2D eigenvalue weighted by Crippen LogP contribution is -2.29. The quantitative estimate of drug-likeness (QED) is 0.455. The first kappa shape index (κ1) is 22.4. The molecule has 2 N–H and O–H groups in total. The number of anilines is 2. The lowest BCUT2D eigenvalue weighted by molar-refractivity contribution is -0.130. The minimum Gasteiger partial charge on any atom is -0.477 e. The zero-order chi connectivity index (χ0) is 25.0. The minimum absolute atomic E-state index is 0.0211. The van der Waals surface area contributed by atoms with Gasteiger partial charge in [-0.1, -0.05) is 0 Å². The summed E-state index contributed by atoms with van der Waals surface area (Å²) >= 11 is 0. The number of carbonyl (C=O) groups is 1. The molecule has 10 heteroatoms. The van der Waals surface area contributed by atoms with Crippen molar-refractivity contribution in [2.45, 2.75) is 32.4 Å². The topological polar surface area (TPSA) is 105 Å². The summed E-state index contributed by atoms with van der Waals surface area (Å²) in [6, 6.07) is 6.97. The van der Waals surface area contributed by atoms with E-state index in [-0.39, 0.29) is 12.5 Å². The Kier molecular flexibility index (Phi) is 5.33. The van der Waals surface area contributed by atoms with Crippen LogP contribution in [0.15, 0.2) is 36.7 Å². The van der Waals surface area contributed by atoms with E-state index in [9.17, 15) is 9.90 Å². The molecular weight excluding hydrogens is 463 g/mol. The monoisotopic (exact) mass is 488 g/mol. The van der Waals surface area contributed by atoms with Crippen molar-refractivity contribution in [2.24, 2.45) is 0 Å². The largest absolute Gasteiger partial charge is 0.477 e. The van der Waals surface area contributed by atoms with Crippen molar-refractivity contribution in [1.29, 1.82) is 0 Å². The van der Waals surface area contributed by atoms with E-state index in [1.807, 2.05) is 19.1 Å². The molecule has 0 saturated carbocycles. The van der Waals surface area contributed by atoms with Gasteiger partial charge >= 0.3 is 0 Å². The van der Waals surface area contributed by atoms with Crippen molar-refractivity contribution < 1.29 is 19.0 Å². The van der Waals surface area contributed by atoms with E-state index in [1.54, 1.807) is 35.1 Å². The summed E-state index contributed by atoms with van der Waals surface area (Å²) in [6.07, 6.45) is 3.71. The highest BCUT2D eigenvalue weighted by atomic mass is 19.1. The van der Waals surface area contributed by atoms with Crippen LogP contribution < -0.4 is 10.1 Å². The highest BCUT2D eigenvalue weighted by Crippen LogP contribution is 2.39. The molecule has 1 aromatic carbocycles. The lowest BCUT2D eigenvalue weighted by Gasteiger charge is -2.24. The Hall–Kier alpha value is -4.05. The van der Waals surface area contributed by atoms with Crippen LogP contribution in [0.1, 0.15) is 29.3 Å². The van der Waals surface area contributed by atoms with Crippen LogP contribution in [-0.2, 0) is 17.8 Å². The molecule has 3 aromatic heterocycles. The Morgan fingerprint density at radius 3 is 2.83 bits per heavy atom. The highest BCUT2D eigenvalue weighted by molar-refractivity contribution is 5.89. The zero-order valence-corrected chi connectivity index (χ0v) is 20.0. The first-order valence-corrected chi connectivity index (χ1v) is 11.8. The molecule has 36 heavy (non-hydrogen) atoms. The molecule has 4 aromatic rings. The van der Waals surface area contributed by atoms with Crippen molar-refractivity contribution in [1.82, 2.24) is 24.6 Å². The van der Waals surface area contributed by atoms with Crippen LogP contribution in [0.4, 0.5) is 16.0 Å². The van der Waals surface area contributed by atoms with Crippen LogP contribution in [0.2, 0.25) is 0 Å². The van der Waals surface area contributed by atoms with Gasteiger partial charge in [-0.15, -0.1) is 0 Å². The molecule has 2 aliphatic rings. The summed E-state index contributed by atoms with van der Waals surface area (Å²) in [5.41, 5.74) is 3.33. The number of rotatable bonds is 3. The van der Waals surface area contributed by atoms with E-state index in [1.165, 1.54) is 6.07 Å². The average Bonchev–Trinajstić information content (AvgIpc) is 3.17. The molecule has 0 fully saturated rings. The third-order valence-electron chi connectivity index (χ3n) is 6.94. The Labute approximate surface area is 206 Å². The van der Waals surface area contributed by atoms with E-state index in [0.29, 0.717) is 59.2 Å². The smallest absolute Gasteiger partial charge is 0.244 e. The van der Waals surface area contributed by atoms with Gasteiger partial charge in [0.25, 0.3) is 0 Å². The van der Waals surface area contributed by atoms with Crippen LogP contribution in [0, 0.1) is 12.7 Å². The number of likely N-dealkylation sites (N-methyl/N-ethyl adjacent to an activating group) is 1. The number of ether oxygens (including phenoxy) is 1. The molecule has 0 aliphatic carbocycles. The number of fused-ring (bicyclic) bond motifs is 3. The van der Waals surface area contributed by atoms with E-state index in [0.717, 1.165) is 23.1 Å². The standard InChI is InChI=1S/C26H25FN6O3/c1-14-19(12-29-26-25(14)21(34)4-6-36-26)18-7-15-9-22(28-11-16(15)8-20(18)27)30-23-10-17-3-5-32(2)24(35)13-33(17)31-23/h7-12,21,34H,3-6,13H2,1-2H3,(H,28,30,31). The Morgan fingerprint density at radius 2 is 1.97 bits per heavy atom. The maximum atomic E-state index is 15.2. The first-order valence-electron chi connectivity index (χ1n) is 11.8. The van der Waals surface area contributed by atoms with Crippen LogP contribution in [0.5, 0.6) is 5.88 Å². The van der Waals surface area contributed by atoms with E-state index >= 15 is 4.39 Å². The number of nitrogens with zero attached hydrogens (tertiary/aromatic N) is 5. The number of halogens is 1. The van der Waals surface area contributed by atoms with Crippen molar-refractivity contribution in [3.8, 4) is 17.0 Å². The van der Waals surface area contributed by atoms with Gasteiger partial charge in [0.05, 0.1) is 12.7 Å². The van der Waals surface area contributed by atoms with E-state index in [4.69, 9.17) is 4.74 Å². The molecule has 0 spiro atoms. The number of nitrogens with one attached hydrogen (secondary N) is 1. The van der Waals surface area contributed by atoms with Gasteiger partial charge in [-0.2, -0.15) is 5.10 Å². The second-order valence-electron chi connectivity index (χ2n) is 9.29. The van der Waals surface area contributed by atoms with Crippen molar-refractivity contribution in [2.75, 3.05) is 25.5 Å². The number of amides is 1. The molecule has 0 radical (unpaired) electrons. The molecule has 0 saturated heterocycles. The number of pyridine rings is 2. The number of aliphatic hydroxyl groups excluding tert-OH is 1. The maximum absolute atomic E-state index is 15.2. The SMILES string of the molecule is Cc1c(-c2cc3cc(Nc4cc5n(n4)CC(=O)N(C)CC5)ncc3cc2F)cnc2c1C(O)CCO2. The van der Waals surface area contributed by atoms with Crippen molar-refractivity contribution in [3.05, 3.63) is 59.3 Å². The van der Waals surface area contributed by atoms with E-state index in [2.05, 4.69) is 20.4 Å². The van der Waals surface area contributed by atoms with Gasteiger partial charge in [-0.3, -0.25) is 9.48 Å². The van der Waals surface area contributed by atoms with Gasteiger partial charge in [-0.25, -0.2) is 14.4 Å². The maximum Gasteiger partial charge on any atom is 0.244 e. The number of benzene rings is 1. The molecule has 6 rings (SSSR count). The first-order chi connectivity index (χ1) is 17.4. The second kappa shape index (κ2) is 8.56. The number of carbonyl (C=O) groups excluding carboxylic acids is 1. The summed E-state index contributed by atoms with van der Waals surface area (Å²) in [7, 11) is 1.79. The molecule has 5 heterocycles. The third kappa shape index (κ3) is 3.83. The number of hydrogen-bond donors (Lipinski definition) is 2. The normalized spacial score (nSPS) is 17.4. The van der Waals surface area contributed by atoms with Crippen molar-refractivity contribution in [3.63, 3.8) is 0 Å². The molecule has 1 unspecified atom stereocenters. The lowest BCUT2D eigenvalue weighted by atomic mass is 9.93. The van der Waals surface area contributed by atoms with Crippen LogP contribution >= 0.6 is 0 Å². The molecule has 1 amide bonds.